The van der Waals surface area contributed by atoms with Crippen LogP contribution in [0.2, 0.25) is 0 Å². The zero-order valence-corrected chi connectivity index (χ0v) is 17.6. The SMILES string of the molecule is CN=C(NCc1cc(Br)ccc1OC)NCC1CCCS1.I. The minimum atomic E-state index is 0. The molecule has 1 aromatic carbocycles. The Bertz CT molecular complexity index is 496. The predicted octanol–water partition coefficient (Wildman–Crippen LogP) is 3.64. The van der Waals surface area contributed by atoms with Gasteiger partial charge >= 0.3 is 0 Å². The maximum Gasteiger partial charge on any atom is 0.191 e. The predicted molar refractivity (Wildman–Crippen MR) is 110 cm³/mol. The molecule has 0 spiro atoms. The molecule has 0 amide bonds. The van der Waals surface area contributed by atoms with Gasteiger partial charge in [0.2, 0.25) is 0 Å². The molecule has 124 valence electrons. The van der Waals surface area contributed by atoms with E-state index in [0.29, 0.717) is 11.8 Å². The fraction of sp³-hybridized carbons (Fsp3) is 0.533. The number of benzene rings is 1. The normalized spacial score (nSPS) is 17.8. The molecule has 0 aliphatic carbocycles. The minimum Gasteiger partial charge on any atom is -0.496 e. The van der Waals surface area contributed by atoms with Gasteiger partial charge in [0.15, 0.2) is 5.96 Å². The molecule has 1 atom stereocenters. The molecule has 0 bridgehead atoms. The van der Waals surface area contributed by atoms with Gasteiger partial charge in [-0.2, -0.15) is 11.8 Å². The first-order chi connectivity index (χ1) is 10.2. The lowest BCUT2D eigenvalue weighted by molar-refractivity contribution is 0.409. The summed E-state index contributed by atoms with van der Waals surface area (Å²) in [6.45, 7) is 1.65. The van der Waals surface area contributed by atoms with Crippen LogP contribution < -0.4 is 15.4 Å². The number of hydrogen-bond donors (Lipinski definition) is 2. The summed E-state index contributed by atoms with van der Waals surface area (Å²) in [5, 5.41) is 7.45. The second kappa shape index (κ2) is 10.6. The molecule has 1 heterocycles. The topological polar surface area (TPSA) is 45.7 Å². The first kappa shape index (κ1) is 19.9. The summed E-state index contributed by atoms with van der Waals surface area (Å²) in [6, 6.07) is 6.01. The smallest absolute Gasteiger partial charge is 0.191 e. The molecule has 22 heavy (non-hydrogen) atoms. The number of halogens is 2. The summed E-state index contributed by atoms with van der Waals surface area (Å²) in [7, 11) is 3.49. The molecular formula is C15H23BrIN3OS. The Morgan fingerprint density at radius 1 is 1.45 bits per heavy atom. The van der Waals surface area contributed by atoms with Crippen molar-refractivity contribution in [2.45, 2.75) is 24.6 Å². The monoisotopic (exact) mass is 499 g/mol. The van der Waals surface area contributed by atoms with E-state index in [1.165, 1.54) is 18.6 Å². The largest absolute Gasteiger partial charge is 0.496 e. The van der Waals surface area contributed by atoms with Crippen molar-refractivity contribution >= 4 is 57.6 Å². The minimum absolute atomic E-state index is 0. The molecule has 4 nitrogen and oxygen atoms in total. The van der Waals surface area contributed by atoms with Crippen molar-refractivity contribution in [3.05, 3.63) is 28.2 Å². The van der Waals surface area contributed by atoms with Gasteiger partial charge in [0.1, 0.15) is 5.75 Å². The van der Waals surface area contributed by atoms with Crippen LogP contribution in [0.5, 0.6) is 5.75 Å². The average Bonchev–Trinajstić information content (AvgIpc) is 3.01. The lowest BCUT2D eigenvalue weighted by atomic mass is 10.2. The fourth-order valence-electron chi connectivity index (χ4n) is 2.30. The van der Waals surface area contributed by atoms with Gasteiger partial charge in [-0.25, -0.2) is 0 Å². The molecule has 0 radical (unpaired) electrons. The highest BCUT2D eigenvalue weighted by Gasteiger charge is 2.15. The number of rotatable bonds is 5. The van der Waals surface area contributed by atoms with Gasteiger partial charge in [0.05, 0.1) is 7.11 Å². The van der Waals surface area contributed by atoms with Gasteiger partial charge in [0, 0.05) is 35.4 Å². The Morgan fingerprint density at radius 3 is 2.91 bits per heavy atom. The second-order valence-electron chi connectivity index (χ2n) is 4.90. The Labute approximate surface area is 162 Å². The van der Waals surface area contributed by atoms with Gasteiger partial charge in [0.25, 0.3) is 0 Å². The van der Waals surface area contributed by atoms with Crippen LogP contribution in [0.1, 0.15) is 18.4 Å². The number of guanidine groups is 1. The Hall–Kier alpha value is -0.150. The van der Waals surface area contributed by atoms with Crippen molar-refractivity contribution in [2.24, 2.45) is 4.99 Å². The van der Waals surface area contributed by atoms with Crippen LogP contribution in [0.3, 0.4) is 0 Å². The van der Waals surface area contributed by atoms with Gasteiger partial charge in [-0.1, -0.05) is 15.9 Å². The van der Waals surface area contributed by atoms with Crippen LogP contribution in [0.4, 0.5) is 0 Å². The lowest BCUT2D eigenvalue weighted by Gasteiger charge is -2.16. The molecule has 1 aliphatic rings. The summed E-state index contributed by atoms with van der Waals surface area (Å²) in [5.74, 6) is 3.00. The van der Waals surface area contributed by atoms with Crippen LogP contribution in [0.15, 0.2) is 27.7 Å². The zero-order valence-electron chi connectivity index (χ0n) is 12.9. The van der Waals surface area contributed by atoms with Gasteiger partial charge in [-0.15, -0.1) is 24.0 Å². The molecule has 2 rings (SSSR count). The van der Waals surface area contributed by atoms with Crippen molar-refractivity contribution in [2.75, 3.05) is 26.5 Å². The molecular weight excluding hydrogens is 477 g/mol. The van der Waals surface area contributed by atoms with E-state index in [4.69, 9.17) is 4.74 Å². The van der Waals surface area contributed by atoms with E-state index in [9.17, 15) is 0 Å². The van der Waals surface area contributed by atoms with Crippen molar-refractivity contribution in [3.8, 4) is 5.75 Å². The zero-order chi connectivity index (χ0) is 15.1. The number of nitrogens with one attached hydrogen (secondary N) is 2. The van der Waals surface area contributed by atoms with Gasteiger partial charge < -0.3 is 15.4 Å². The van der Waals surface area contributed by atoms with Crippen LogP contribution in [-0.4, -0.2) is 37.7 Å². The molecule has 1 saturated heterocycles. The second-order valence-corrected chi connectivity index (χ2v) is 7.22. The maximum atomic E-state index is 5.38. The Morgan fingerprint density at radius 2 is 2.27 bits per heavy atom. The average molecular weight is 500 g/mol. The summed E-state index contributed by atoms with van der Waals surface area (Å²) in [5.41, 5.74) is 1.10. The highest BCUT2D eigenvalue weighted by Crippen LogP contribution is 2.25. The molecule has 2 N–H and O–H groups in total. The number of hydrogen-bond acceptors (Lipinski definition) is 3. The van der Waals surface area contributed by atoms with E-state index < -0.39 is 0 Å². The van der Waals surface area contributed by atoms with E-state index in [0.717, 1.165) is 28.3 Å². The third kappa shape index (κ3) is 6.16. The summed E-state index contributed by atoms with van der Waals surface area (Å²) < 4.78 is 6.43. The summed E-state index contributed by atoms with van der Waals surface area (Å²) in [6.07, 6.45) is 2.63. The van der Waals surface area contributed by atoms with E-state index in [-0.39, 0.29) is 24.0 Å². The fourth-order valence-corrected chi connectivity index (χ4v) is 3.91. The molecule has 7 heteroatoms. The highest BCUT2D eigenvalue weighted by atomic mass is 127. The van der Waals surface area contributed by atoms with Crippen LogP contribution in [-0.2, 0) is 6.54 Å². The maximum absolute atomic E-state index is 5.38. The van der Waals surface area contributed by atoms with Gasteiger partial charge in [-0.05, 0) is 36.8 Å². The van der Waals surface area contributed by atoms with E-state index in [1.54, 1.807) is 14.2 Å². The van der Waals surface area contributed by atoms with E-state index in [2.05, 4.69) is 37.6 Å². The van der Waals surface area contributed by atoms with Crippen LogP contribution >= 0.6 is 51.7 Å². The summed E-state index contributed by atoms with van der Waals surface area (Å²) in [4.78, 5) is 4.27. The van der Waals surface area contributed by atoms with Crippen molar-refractivity contribution in [1.29, 1.82) is 0 Å². The molecule has 1 unspecified atom stereocenters. The van der Waals surface area contributed by atoms with E-state index in [1.807, 2.05) is 23.9 Å². The first-order valence-electron chi connectivity index (χ1n) is 7.11. The number of nitrogens with zero attached hydrogens (tertiary/aromatic N) is 1. The van der Waals surface area contributed by atoms with Crippen LogP contribution in [0.25, 0.3) is 0 Å². The third-order valence-electron chi connectivity index (χ3n) is 3.43. The third-order valence-corrected chi connectivity index (χ3v) is 5.32. The first-order valence-corrected chi connectivity index (χ1v) is 8.95. The van der Waals surface area contributed by atoms with Gasteiger partial charge in [-0.3, -0.25) is 4.99 Å². The van der Waals surface area contributed by atoms with Crippen molar-refractivity contribution < 1.29 is 4.74 Å². The van der Waals surface area contributed by atoms with Crippen LogP contribution in [0, 0.1) is 0 Å². The number of aliphatic imine (C=N–C) groups is 1. The quantitative estimate of drug-likeness (QED) is 0.369. The van der Waals surface area contributed by atoms with Crippen molar-refractivity contribution in [1.82, 2.24) is 10.6 Å². The molecule has 1 fully saturated rings. The molecule has 0 saturated carbocycles. The molecule has 0 aromatic heterocycles. The number of thioether (sulfide) groups is 1. The standard InChI is InChI=1S/C15H22BrN3OS.HI/c1-17-15(19-10-13-4-3-7-21-13)18-9-11-8-12(16)5-6-14(11)20-2;/h5-6,8,13H,3-4,7,9-10H2,1-2H3,(H2,17,18,19);1H. The lowest BCUT2D eigenvalue weighted by Crippen LogP contribution is -2.39. The summed E-state index contributed by atoms with van der Waals surface area (Å²) >= 11 is 5.54. The molecule has 1 aliphatic heterocycles. The van der Waals surface area contributed by atoms with Crippen molar-refractivity contribution in [3.63, 3.8) is 0 Å². The Kier molecular flexibility index (Phi) is 9.58. The highest BCUT2D eigenvalue weighted by molar-refractivity contribution is 14.0. The Balaban J connectivity index is 0.00000242. The molecule has 1 aromatic rings. The van der Waals surface area contributed by atoms with E-state index >= 15 is 0 Å². The number of ether oxygens (including phenoxy) is 1. The number of methoxy groups -OCH3 is 1.